The Balaban J connectivity index is 2.86. The zero-order chi connectivity index (χ0) is 12.3. The topological polar surface area (TPSA) is 57.6 Å². The van der Waals surface area contributed by atoms with E-state index >= 15 is 0 Å². The van der Waals surface area contributed by atoms with Crippen molar-refractivity contribution in [3.63, 3.8) is 0 Å². The quantitative estimate of drug-likeness (QED) is 0.842. The van der Waals surface area contributed by atoms with Gasteiger partial charge in [-0.2, -0.15) is 0 Å². The standard InChI is InChI=1S/C12H15NO3/c1-8-4-6-10(7-5-8)11(14)13(3)9(2)12(15)16/h4-7,9H,1-3H3,(H,15,16)/t9-/m0/s1. The molecule has 1 N–H and O–H groups in total. The highest BCUT2D eigenvalue weighted by atomic mass is 16.4. The van der Waals surface area contributed by atoms with Crippen LogP contribution in [0.4, 0.5) is 0 Å². The smallest absolute Gasteiger partial charge is 0.326 e. The van der Waals surface area contributed by atoms with E-state index in [1.807, 2.05) is 19.1 Å². The van der Waals surface area contributed by atoms with Gasteiger partial charge >= 0.3 is 5.97 Å². The first-order valence-corrected chi connectivity index (χ1v) is 5.00. The lowest BCUT2D eigenvalue weighted by Crippen LogP contribution is -2.40. The Hall–Kier alpha value is -1.84. The highest BCUT2D eigenvalue weighted by Crippen LogP contribution is 2.08. The van der Waals surface area contributed by atoms with Crippen LogP contribution in [0.25, 0.3) is 0 Å². The van der Waals surface area contributed by atoms with Crippen molar-refractivity contribution in [2.45, 2.75) is 19.9 Å². The lowest BCUT2D eigenvalue weighted by atomic mass is 10.1. The van der Waals surface area contributed by atoms with Crippen LogP contribution >= 0.6 is 0 Å². The molecule has 4 heteroatoms. The van der Waals surface area contributed by atoms with E-state index in [0.717, 1.165) is 5.56 Å². The number of nitrogens with zero attached hydrogens (tertiary/aromatic N) is 1. The van der Waals surface area contributed by atoms with Crippen LogP contribution in [0.5, 0.6) is 0 Å². The van der Waals surface area contributed by atoms with Gasteiger partial charge in [0.15, 0.2) is 0 Å². The zero-order valence-corrected chi connectivity index (χ0v) is 9.60. The molecule has 0 fully saturated rings. The maximum atomic E-state index is 11.9. The van der Waals surface area contributed by atoms with Crippen LogP contribution < -0.4 is 0 Å². The van der Waals surface area contributed by atoms with E-state index in [0.29, 0.717) is 5.56 Å². The minimum absolute atomic E-state index is 0.282. The number of benzene rings is 1. The second-order valence-electron chi connectivity index (χ2n) is 3.80. The Kier molecular flexibility index (Phi) is 3.66. The van der Waals surface area contributed by atoms with Crippen LogP contribution in [0.1, 0.15) is 22.8 Å². The SMILES string of the molecule is Cc1ccc(C(=O)N(C)[C@@H](C)C(=O)O)cc1. The van der Waals surface area contributed by atoms with Crippen molar-refractivity contribution in [1.29, 1.82) is 0 Å². The molecule has 1 atom stereocenters. The third-order valence-corrected chi connectivity index (χ3v) is 2.56. The number of aliphatic carboxylic acids is 1. The number of carbonyl (C=O) groups excluding carboxylic acids is 1. The van der Waals surface area contributed by atoms with Crippen molar-refractivity contribution in [2.24, 2.45) is 0 Å². The predicted octanol–water partition coefficient (Wildman–Crippen LogP) is 1.54. The summed E-state index contributed by atoms with van der Waals surface area (Å²) in [5, 5.41) is 8.80. The molecule has 16 heavy (non-hydrogen) atoms. The number of hydrogen-bond acceptors (Lipinski definition) is 2. The van der Waals surface area contributed by atoms with Gasteiger partial charge in [0, 0.05) is 12.6 Å². The number of hydrogen-bond donors (Lipinski definition) is 1. The van der Waals surface area contributed by atoms with E-state index in [-0.39, 0.29) is 5.91 Å². The van der Waals surface area contributed by atoms with Gasteiger partial charge in [-0.25, -0.2) is 4.79 Å². The maximum Gasteiger partial charge on any atom is 0.326 e. The summed E-state index contributed by atoms with van der Waals surface area (Å²) >= 11 is 0. The Morgan fingerprint density at radius 1 is 1.25 bits per heavy atom. The van der Waals surface area contributed by atoms with E-state index in [4.69, 9.17) is 5.11 Å². The van der Waals surface area contributed by atoms with Gasteiger partial charge in [-0.3, -0.25) is 4.79 Å². The highest BCUT2D eigenvalue weighted by molar-refractivity contribution is 5.96. The van der Waals surface area contributed by atoms with Gasteiger partial charge in [0.2, 0.25) is 0 Å². The number of carbonyl (C=O) groups is 2. The largest absolute Gasteiger partial charge is 0.480 e. The molecule has 0 saturated carbocycles. The van der Waals surface area contributed by atoms with E-state index in [1.54, 1.807) is 12.1 Å². The Morgan fingerprint density at radius 2 is 1.75 bits per heavy atom. The first-order valence-electron chi connectivity index (χ1n) is 5.00. The van der Waals surface area contributed by atoms with Crippen molar-refractivity contribution in [3.05, 3.63) is 35.4 Å². The normalized spacial score (nSPS) is 11.9. The van der Waals surface area contributed by atoms with Gasteiger partial charge in [-0.05, 0) is 26.0 Å². The van der Waals surface area contributed by atoms with Gasteiger partial charge < -0.3 is 10.0 Å². The van der Waals surface area contributed by atoms with Crippen molar-refractivity contribution in [2.75, 3.05) is 7.05 Å². The molecule has 0 saturated heterocycles. The highest BCUT2D eigenvalue weighted by Gasteiger charge is 2.22. The Labute approximate surface area is 94.5 Å². The molecule has 0 aliphatic rings. The number of aryl methyl sites for hydroxylation is 1. The number of rotatable bonds is 3. The van der Waals surface area contributed by atoms with E-state index in [2.05, 4.69) is 0 Å². The second-order valence-corrected chi connectivity index (χ2v) is 3.80. The fourth-order valence-corrected chi connectivity index (χ4v) is 1.24. The van der Waals surface area contributed by atoms with Crippen LogP contribution in [0.2, 0.25) is 0 Å². The molecule has 0 heterocycles. The summed E-state index contributed by atoms with van der Waals surface area (Å²) in [7, 11) is 1.49. The fraction of sp³-hybridized carbons (Fsp3) is 0.333. The molecule has 1 aromatic rings. The van der Waals surface area contributed by atoms with E-state index in [1.165, 1.54) is 18.9 Å². The third-order valence-electron chi connectivity index (χ3n) is 2.56. The van der Waals surface area contributed by atoms with Crippen molar-refractivity contribution in [1.82, 2.24) is 4.90 Å². The summed E-state index contributed by atoms with van der Waals surface area (Å²) in [4.78, 5) is 23.8. The zero-order valence-electron chi connectivity index (χ0n) is 9.60. The molecule has 0 aromatic heterocycles. The summed E-state index contributed by atoms with van der Waals surface area (Å²) in [5.41, 5.74) is 1.56. The van der Waals surface area contributed by atoms with Crippen molar-refractivity contribution >= 4 is 11.9 Å². The summed E-state index contributed by atoms with van der Waals surface area (Å²) < 4.78 is 0. The minimum Gasteiger partial charge on any atom is -0.480 e. The van der Waals surface area contributed by atoms with E-state index < -0.39 is 12.0 Å². The molecule has 4 nitrogen and oxygen atoms in total. The molecule has 0 radical (unpaired) electrons. The lowest BCUT2D eigenvalue weighted by molar-refractivity contribution is -0.141. The summed E-state index contributed by atoms with van der Waals surface area (Å²) in [6, 6.07) is 6.22. The number of carboxylic acid groups (broad SMARTS) is 1. The molecule has 0 unspecified atom stereocenters. The number of amides is 1. The van der Waals surface area contributed by atoms with Gasteiger partial charge in [0.05, 0.1) is 0 Å². The average molecular weight is 221 g/mol. The van der Waals surface area contributed by atoms with Crippen LogP contribution in [-0.4, -0.2) is 35.0 Å². The molecule has 1 aromatic carbocycles. The summed E-state index contributed by atoms with van der Waals surface area (Å²) in [5.74, 6) is -1.29. The minimum atomic E-state index is -1.01. The second kappa shape index (κ2) is 4.79. The Bertz CT molecular complexity index is 397. The van der Waals surface area contributed by atoms with Crippen molar-refractivity contribution in [3.8, 4) is 0 Å². The molecular formula is C12H15NO3. The maximum absolute atomic E-state index is 11.9. The van der Waals surface area contributed by atoms with E-state index in [9.17, 15) is 9.59 Å². The molecule has 86 valence electrons. The molecular weight excluding hydrogens is 206 g/mol. The van der Waals surface area contributed by atoms with Gasteiger partial charge in [-0.15, -0.1) is 0 Å². The summed E-state index contributed by atoms with van der Waals surface area (Å²) in [6.45, 7) is 3.41. The molecule has 0 spiro atoms. The van der Waals surface area contributed by atoms with Crippen LogP contribution in [0, 0.1) is 6.92 Å². The predicted molar refractivity (Wildman–Crippen MR) is 60.4 cm³/mol. The van der Waals surface area contributed by atoms with Crippen LogP contribution in [0.3, 0.4) is 0 Å². The van der Waals surface area contributed by atoms with Crippen molar-refractivity contribution < 1.29 is 14.7 Å². The lowest BCUT2D eigenvalue weighted by Gasteiger charge is -2.21. The molecule has 0 bridgehead atoms. The molecule has 1 rings (SSSR count). The van der Waals surface area contributed by atoms with Gasteiger partial charge in [0.1, 0.15) is 6.04 Å². The first-order chi connectivity index (χ1) is 7.43. The fourth-order valence-electron chi connectivity index (χ4n) is 1.24. The number of carboxylic acids is 1. The summed E-state index contributed by atoms with van der Waals surface area (Å²) in [6.07, 6.45) is 0. The van der Waals surface area contributed by atoms with Crippen LogP contribution in [0.15, 0.2) is 24.3 Å². The van der Waals surface area contributed by atoms with Crippen LogP contribution in [-0.2, 0) is 4.79 Å². The monoisotopic (exact) mass is 221 g/mol. The molecule has 1 amide bonds. The average Bonchev–Trinajstić information content (AvgIpc) is 2.27. The molecule has 0 aliphatic heterocycles. The van der Waals surface area contributed by atoms with Gasteiger partial charge in [0.25, 0.3) is 5.91 Å². The molecule has 0 aliphatic carbocycles. The van der Waals surface area contributed by atoms with Gasteiger partial charge in [-0.1, -0.05) is 17.7 Å². The number of likely N-dealkylation sites (N-methyl/N-ethyl adjacent to an activating group) is 1. The first kappa shape index (κ1) is 12.2. The Morgan fingerprint density at radius 3 is 2.19 bits per heavy atom. The third kappa shape index (κ3) is 2.59.